The van der Waals surface area contributed by atoms with Crippen LogP contribution < -0.4 is 19.5 Å². The molecule has 1 heterocycles. The summed E-state index contributed by atoms with van der Waals surface area (Å²) in [6, 6.07) is 2.68. The molecule has 31 heavy (non-hydrogen) atoms. The lowest BCUT2D eigenvalue weighted by Crippen LogP contribution is -2.36. The van der Waals surface area contributed by atoms with Gasteiger partial charge in [-0.1, -0.05) is 0 Å². The Bertz CT molecular complexity index is 1110. The van der Waals surface area contributed by atoms with Crippen LogP contribution in [0, 0.1) is 10.1 Å². The summed E-state index contributed by atoms with van der Waals surface area (Å²) in [5, 5.41) is 13.1. The molecule has 0 fully saturated rings. The quantitative estimate of drug-likeness (QED) is 0.444. The number of urea groups is 1. The van der Waals surface area contributed by atoms with Crippen LogP contribution in [0.15, 0.2) is 29.2 Å². The zero-order valence-electron chi connectivity index (χ0n) is 16.8. The summed E-state index contributed by atoms with van der Waals surface area (Å²) in [5.41, 5.74) is -0.952. The third-order valence-corrected chi connectivity index (χ3v) is 5.02. The molecule has 0 spiro atoms. The fourth-order valence-corrected chi connectivity index (χ4v) is 3.36. The van der Waals surface area contributed by atoms with E-state index in [1.54, 1.807) is 4.72 Å². The number of nitrogens with one attached hydrogen (secondary N) is 2. The minimum absolute atomic E-state index is 0.0301. The second-order valence-corrected chi connectivity index (χ2v) is 7.62. The number of sulfonamides is 1. The van der Waals surface area contributed by atoms with Crippen molar-refractivity contribution >= 4 is 33.6 Å². The van der Waals surface area contributed by atoms with Gasteiger partial charge in [-0.25, -0.2) is 17.9 Å². The molecule has 0 aliphatic carbocycles. The van der Waals surface area contributed by atoms with E-state index in [9.17, 15) is 28.1 Å². The first kappa shape index (κ1) is 23.3. The molecule has 1 aromatic carbocycles. The Morgan fingerprint density at radius 3 is 2.16 bits per heavy atom. The van der Waals surface area contributed by atoms with E-state index in [1.165, 1.54) is 34.4 Å². The Balaban J connectivity index is 2.39. The van der Waals surface area contributed by atoms with Crippen LogP contribution >= 0.6 is 0 Å². The number of methoxy groups -OCH3 is 2. The lowest BCUT2D eigenvalue weighted by molar-refractivity contribution is -0.385. The zero-order chi connectivity index (χ0) is 23.3. The number of nitro benzene ring substituents is 1. The first-order valence-corrected chi connectivity index (χ1v) is 9.77. The van der Waals surface area contributed by atoms with Crippen LogP contribution in [0.5, 0.6) is 11.8 Å². The molecule has 2 N–H and O–H groups in total. The van der Waals surface area contributed by atoms with Gasteiger partial charge in [-0.15, -0.1) is 0 Å². The Labute approximate surface area is 176 Å². The van der Waals surface area contributed by atoms with Gasteiger partial charge in [0, 0.05) is 26.2 Å². The van der Waals surface area contributed by atoms with Crippen LogP contribution in [0.2, 0.25) is 0 Å². The van der Waals surface area contributed by atoms with Gasteiger partial charge in [0.15, 0.2) is 0 Å². The van der Waals surface area contributed by atoms with Crippen molar-refractivity contribution in [3.8, 4) is 11.8 Å². The normalized spacial score (nSPS) is 10.7. The zero-order valence-corrected chi connectivity index (χ0v) is 17.6. The number of hydrogen-bond donors (Lipinski definition) is 2. The summed E-state index contributed by atoms with van der Waals surface area (Å²) >= 11 is 0. The number of hydrogen-bond acceptors (Lipinski definition) is 10. The second-order valence-electron chi connectivity index (χ2n) is 5.97. The summed E-state index contributed by atoms with van der Waals surface area (Å²) < 4.78 is 37.0. The van der Waals surface area contributed by atoms with Crippen LogP contribution in [0.4, 0.5) is 16.4 Å². The predicted octanol–water partition coefficient (Wildman–Crippen LogP) is 0.614. The van der Waals surface area contributed by atoms with Crippen molar-refractivity contribution in [2.24, 2.45) is 0 Å². The first-order chi connectivity index (χ1) is 14.5. The summed E-state index contributed by atoms with van der Waals surface area (Å²) in [6.07, 6.45) is 0. The molecule has 0 saturated heterocycles. The Morgan fingerprint density at radius 1 is 1.10 bits per heavy atom. The molecule has 0 aliphatic rings. The second kappa shape index (κ2) is 9.21. The maximum absolute atomic E-state index is 12.7. The topological polar surface area (TPSA) is 183 Å². The summed E-state index contributed by atoms with van der Waals surface area (Å²) in [6.45, 7) is 0. The molecule has 2 aromatic rings. The molecule has 14 nitrogen and oxygen atoms in total. The highest BCUT2D eigenvalue weighted by molar-refractivity contribution is 7.90. The fraction of sp³-hybridized carbons (Fsp3) is 0.250. The number of nitro groups is 1. The van der Waals surface area contributed by atoms with E-state index in [1.807, 2.05) is 0 Å². The SMILES string of the molecule is COc1cc(OC)nc(NC(=O)NS(=O)(=O)c2cc([N+](=O)[O-])ccc2C(=O)N(C)C)n1. The van der Waals surface area contributed by atoms with Crippen molar-refractivity contribution in [3.05, 3.63) is 39.9 Å². The summed E-state index contributed by atoms with van der Waals surface area (Å²) in [4.78, 5) is 42.8. The number of rotatable bonds is 7. The van der Waals surface area contributed by atoms with E-state index in [0.717, 1.165) is 17.0 Å². The van der Waals surface area contributed by atoms with Crippen LogP contribution in [0.25, 0.3) is 0 Å². The van der Waals surface area contributed by atoms with Crippen LogP contribution in [-0.4, -0.2) is 68.5 Å². The van der Waals surface area contributed by atoms with Crippen molar-refractivity contribution < 1.29 is 32.4 Å². The largest absolute Gasteiger partial charge is 0.481 e. The number of carbonyl (C=O) groups is 2. The molecule has 0 saturated carbocycles. The lowest BCUT2D eigenvalue weighted by atomic mass is 10.2. The van der Waals surface area contributed by atoms with Crippen molar-refractivity contribution in [2.45, 2.75) is 4.90 Å². The Kier molecular flexibility index (Phi) is 6.91. The third-order valence-electron chi connectivity index (χ3n) is 3.65. The van der Waals surface area contributed by atoms with Crippen LogP contribution in [0.3, 0.4) is 0 Å². The minimum Gasteiger partial charge on any atom is -0.481 e. The molecular weight excluding hydrogens is 436 g/mol. The van der Waals surface area contributed by atoms with Gasteiger partial charge in [-0.3, -0.25) is 20.2 Å². The minimum atomic E-state index is -4.71. The highest BCUT2D eigenvalue weighted by Crippen LogP contribution is 2.23. The first-order valence-electron chi connectivity index (χ1n) is 8.29. The molecule has 0 radical (unpaired) electrons. The van der Waals surface area contributed by atoms with Gasteiger partial charge in [-0.05, 0) is 6.07 Å². The van der Waals surface area contributed by atoms with Crippen molar-refractivity contribution in [2.75, 3.05) is 33.6 Å². The summed E-state index contributed by atoms with van der Waals surface area (Å²) in [5.74, 6) is -1.02. The molecule has 0 atom stereocenters. The molecule has 0 aliphatic heterocycles. The molecular formula is C16H18N6O8S. The highest BCUT2D eigenvalue weighted by Gasteiger charge is 2.28. The van der Waals surface area contributed by atoms with Gasteiger partial charge >= 0.3 is 6.03 Å². The van der Waals surface area contributed by atoms with Gasteiger partial charge in [0.1, 0.15) is 4.90 Å². The smallest absolute Gasteiger partial charge is 0.335 e. The fourth-order valence-electron chi connectivity index (χ4n) is 2.24. The van der Waals surface area contributed by atoms with E-state index >= 15 is 0 Å². The molecule has 3 amide bonds. The van der Waals surface area contributed by atoms with Gasteiger partial charge in [0.05, 0.1) is 30.8 Å². The van der Waals surface area contributed by atoms with E-state index in [-0.39, 0.29) is 23.3 Å². The Morgan fingerprint density at radius 2 is 1.68 bits per heavy atom. The maximum Gasteiger partial charge on any atom is 0.335 e. The summed E-state index contributed by atoms with van der Waals surface area (Å²) in [7, 11) is 0.644. The number of aromatic nitrogens is 2. The van der Waals surface area contributed by atoms with Crippen molar-refractivity contribution in [1.82, 2.24) is 19.6 Å². The van der Waals surface area contributed by atoms with Gasteiger partial charge in [0.2, 0.25) is 17.7 Å². The number of amides is 3. The molecule has 15 heteroatoms. The van der Waals surface area contributed by atoms with Crippen LogP contribution in [-0.2, 0) is 10.0 Å². The number of carbonyl (C=O) groups excluding carboxylic acids is 2. The predicted molar refractivity (Wildman–Crippen MR) is 106 cm³/mol. The lowest BCUT2D eigenvalue weighted by Gasteiger charge is -2.15. The van der Waals surface area contributed by atoms with E-state index in [0.29, 0.717) is 6.07 Å². The standard InChI is InChI=1S/C16H18N6O8S/c1-21(2)14(23)10-6-5-9(22(25)26)7-11(10)31(27,28)20-16(24)19-15-17-12(29-3)8-13(18-15)30-4/h5-8H,1-4H3,(H2,17,18,19,20,24). The number of non-ortho nitro benzene ring substituents is 1. The molecule has 1 aromatic heterocycles. The van der Waals surface area contributed by atoms with Gasteiger partial charge in [-0.2, -0.15) is 9.97 Å². The third kappa shape index (κ3) is 5.53. The van der Waals surface area contributed by atoms with E-state index in [4.69, 9.17) is 9.47 Å². The van der Waals surface area contributed by atoms with Crippen molar-refractivity contribution in [1.29, 1.82) is 0 Å². The number of ether oxygens (including phenoxy) is 2. The van der Waals surface area contributed by atoms with Gasteiger partial charge < -0.3 is 14.4 Å². The monoisotopic (exact) mass is 454 g/mol. The Hall–Kier alpha value is -4.01. The number of benzene rings is 1. The van der Waals surface area contributed by atoms with E-state index < -0.39 is 37.5 Å². The molecule has 0 bridgehead atoms. The van der Waals surface area contributed by atoms with Gasteiger partial charge in [0.25, 0.3) is 21.6 Å². The molecule has 2 rings (SSSR count). The highest BCUT2D eigenvalue weighted by atomic mass is 32.2. The average Bonchev–Trinajstić information content (AvgIpc) is 2.71. The molecule has 0 unspecified atom stereocenters. The van der Waals surface area contributed by atoms with Crippen LogP contribution in [0.1, 0.15) is 10.4 Å². The average molecular weight is 454 g/mol. The number of nitrogens with zero attached hydrogens (tertiary/aromatic N) is 4. The van der Waals surface area contributed by atoms with Crippen molar-refractivity contribution in [3.63, 3.8) is 0 Å². The van der Waals surface area contributed by atoms with E-state index in [2.05, 4.69) is 15.3 Å². The maximum atomic E-state index is 12.7. The number of anilines is 1. The molecule has 166 valence electrons.